The van der Waals surface area contributed by atoms with Gasteiger partial charge in [0, 0.05) is 31.3 Å². The maximum Gasteiger partial charge on any atom is 0.317 e. The summed E-state index contributed by atoms with van der Waals surface area (Å²) in [5.41, 5.74) is 3.23. The molecule has 0 fully saturated rings. The molecule has 6 nitrogen and oxygen atoms in total. The number of ether oxygens (including phenoxy) is 1. The molecule has 0 saturated heterocycles. The summed E-state index contributed by atoms with van der Waals surface area (Å²) in [4.78, 5) is 25.7. The van der Waals surface area contributed by atoms with Gasteiger partial charge in [-0.25, -0.2) is 9.18 Å². The third kappa shape index (κ3) is 6.10. The fourth-order valence-corrected chi connectivity index (χ4v) is 3.62. The molecule has 0 radical (unpaired) electrons. The number of hydrogen-bond acceptors (Lipinski definition) is 3. The second-order valence-corrected chi connectivity index (χ2v) is 7.53. The number of carbonyl (C=O) groups is 2. The number of methoxy groups -OCH3 is 1. The summed E-state index contributed by atoms with van der Waals surface area (Å²) < 4.78 is 19.8. The second kappa shape index (κ2) is 11.1. The van der Waals surface area contributed by atoms with Crippen LogP contribution in [0.3, 0.4) is 0 Å². The first-order chi connectivity index (χ1) is 15.9. The summed E-state index contributed by atoms with van der Waals surface area (Å²) in [7, 11) is 1.44. The molecule has 3 aromatic rings. The molecule has 0 aliphatic heterocycles. The number of carbonyl (C=O) groups excluding carboxylic acids is 1. The number of benzene rings is 3. The van der Waals surface area contributed by atoms with Crippen LogP contribution in [0.15, 0.2) is 66.7 Å². The zero-order valence-electron chi connectivity index (χ0n) is 18.7. The van der Waals surface area contributed by atoms with Crippen molar-refractivity contribution in [2.75, 3.05) is 13.7 Å². The van der Waals surface area contributed by atoms with E-state index in [1.54, 1.807) is 4.90 Å². The van der Waals surface area contributed by atoms with Crippen LogP contribution >= 0.6 is 0 Å². The van der Waals surface area contributed by atoms with Crippen molar-refractivity contribution in [3.05, 3.63) is 89.2 Å². The van der Waals surface area contributed by atoms with Crippen LogP contribution in [0.5, 0.6) is 5.75 Å². The molecule has 0 heterocycles. The lowest BCUT2D eigenvalue weighted by molar-refractivity contribution is -0.136. The number of halogens is 1. The van der Waals surface area contributed by atoms with Crippen LogP contribution in [0.25, 0.3) is 11.1 Å². The van der Waals surface area contributed by atoms with Crippen LogP contribution in [0, 0.1) is 5.82 Å². The summed E-state index contributed by atoms with van der Waals surface area (Å²) in [6.07, 6.45) is -0.437. The lowest BCUT2D eigenvalue weighted by atomic mass is 9.95. The highest BCUT2D eigenvalue weighted by molar-refractivity contribution is 5.78. The molecule has 0 bridgehead atoms. The zero-order valence-corrected chi connectivity index (χ0v) is 18.7. The summed E-state index contributed by atoms with van der Waals surface area (Å²) in [5.74, 6) is -1.46. The molecule has 0 saturated carbocycles. The highest BCUT2D eigenvalue weighted by Crippen LogP contribution is 2.35. The number of hydrogen-bond donors (Lipinski definition) is 2. The molecular weight excluding hydrogens is 423 g/mol. The van der Waals surface area contributed by atoms with Gasteiger partial charge in [0.15, 0.2) is 0 Å². The molecule has 0 aromatic heterocycles. The average Bonchev–Trinajstić information content (AvgIpc) is 2.82. The number of urea groups is 1. The Hall–Kier alpha value is -3.87. The van der Waals surface area contributed by atoms with Crippen LogP contribution in [0.1, 0.15) is 23.6 Å². The van der Waals surface area contributed by atoms with Gasteiger partial charge in [0.2, 0.25) is 0 Å². The third-order valence-electron chi connectivity index (χ3n) is 5.33. The molecule has 2 N–H and O–H groups in total. The highest BCUT2D eigenvalue weighted by atomic mass is 19.1. The van der Waals surface area contributed by atoms with Crippen LogP contribution < -0.4 is 10.1 Å². The van der Waals surface area contributed by atoms with E-state index in [9.17, 15) is 14.0 Å². The van der Waals surface area contributed by atoms with E-state index < -0.39 is 18.2 Å². The normalized spacial score (nSPS) is 10.5. The third-order valence-corrected chi connectivity index (χ3v) is 5.33. The van der Waals surface area contributed by atoms with E-state index in [0.29, 0.717) is 30.9 Å². The first-order valence-corrected chi connectivity index (χ1v) is 10.7. The van der Waals surface area contributed by atoms with Crippen molar-refractivity contribution in [3.63, 3.8) is 0 Å². The monoisotopic (exact) mass is 450 g/mol. The molecule has 33 heavy (non-hydrogen) atoms. The lowest BCUT2D eigenvalue weighted by Gasteiger charge is -2.23. The Balaban J connectivity index is 1.88. The van der Waals surface area contributed by atoms with Gasteiger partial charge in [-0.1, -0.05) is 54.6 Å². The Labute approximate surface area is 192 Å². The summed E-state index contributed by atoms with van der Waals surface area (Å²) in [5, 5.41) is 12.1. The molecule has 3 rings (SSSR count). The topological polar surface area (TPSA) is 78.9 Å². The van der Waals surface area contributed by atoms with Gasteiger partial charge in [0.1, 0.15) is 11.6 Å². The van der Waals surface area contributed by atoms with Gasteiger partial charge in [-0.15, -0.1) is 0 Å². The van der Waals surface area contributed by atoms with Crippen molar-refractivity contribution in [2.24, 2.45) is 0 Å². The molecule has 0 atom stereocenters. The van der Waals surface area contributed by atoms with Crippen molar-refractivity contribution in [2.45, 2.75) is 26.4 Å². The van der Waals surface area contributed by atoms with E-state index in [0.717, 1.165) is 16.7 Å². The minimum absolute atomic E-state index is 0.0704. The smallest absolute Gasteiger partial charge is 0.317 e. The first kappa shape index (κ1) is 23.8. The van der Waals surface area contributed by atoms with E-state index in [-0.39, 0.29) is 11.6 Å². The largest absolute Gasteiger partial charge is 0.496 e. The Morgan fingerprint density at radius 2 is 1.70 bits per heavy atom. The quantitative estimate of drug-likeness (QED) is 0.488. The summed E-state index contributed by atoms with van der Waals surface area (Å²) >= 11 is 0. The van der Waals surface area contributed by atoms with E-state index >= 15 is 0 Å². The lowest BCUT2D eigenvalue weighted by Crippen LogP contribution is -2.39. The van der Waals surface area contributed by atoms with Crippen LogP contribution in [-0.2, 0) is 24.3 Å². The first-order valence-electron chi connectivity index (χ1n) is 10.7. The van der Waals surface area contributed by atoms with Crippen LogP contribution in [0.4, 0.5) is 9.18 Å². The predicted octanol–water partition coefficient (Wildman–Crippen LogP) is 4.86. The fourth-order valence-electron chi connectivity index (χ4n) is 3.62. The predicted molar refractivity (Wildman–Crippen MR) is 124 cm³/mol. The van der Waals surface area contributed by atoms with Crippen molar-refractivity contribution >= 4 is 12.0 Å². The van der Waals surface area contributed by atoms with Crippen LogP contribution in [-0.4, -0.2) is 35.7 Å². The molecule has 3 aromatic carbocycles. The number of rotatable bonds is 9. The van der Waals surface area contributed by atoms with Gasteiger partial charge in [0.05, 0.1) is 13.5 Å². The maximum atomic E-state index is 14.4. The molecule has 0 aliphatic rings. The van der Waals surface area contributed by atoms with Gasteiger partial charge in [0.25, 0.3) is 0 Å². The number of nitrogens with one attached hydrogen (secondary N) is 1. The number of carboxylic acid groups (broad SMARTS) is 1. The minimum atomic E-state index is -1.12. The van der Waals surface area contributed by atoms with Gasteiger partial charge >= 0.3 is 12.0 Å². The maximum absolute atomic E-state index is 14.4. The van der Waals surface area contributed by atoms with E-state index in [1.807, 2.05) is 61.5 Å². The highest BCUT2D eigenvalue weighted by Gasteiger charge is 2.19. The number of nitrogens with zero attached hydrogens (tertiary/aromatic N) is 1. The zero-order chi connectivity index (χ0) is 23.8. The summed E-state index contributed by atoms with van der Waals surface area (Å²) in [6.45, 7) is 3.12. The van der Waals surface area contributed by atoms with E-state index in [1.165, 1.54) is 19.2 Å². The molecule has 0 unspecified atom stereocenters. The van der Waals surface area contributed by atoms with Crippen molar-refractivity contribution in [1.29, 1.82) is 0 Å². The van der Waals surface area contributed by atoms with E-state index in [2.05, 4.69) is 5.32 Å². The number of amides is 2. The van der Waals surface area contributed by atoms with Crippen molar-refractivity contribution < 1.29 is 23.8 Å². The Morgan fingerprint density at radius 3 is 2.36 bits per heavy atom. The molecule has 2 amide bonds. The van der Waals surface area contributed by atoms with Crippen molar-refractivity contribution in [1.82, 2.24) is 10.2 Å². The molecule has 0 spiro atoms. The Bertz CT molecular complexity index is 1120. The van der Waals surface area contributed by atoms with Gasteiger partial charge in [-0.3, -0.25) is 4.79 Å². The number of carboxylic acids is 1. The number of aliphatic carboxylic acids is 1. The SMILES string of the molecule is CCN(Cc1ccccc1-c1cc(CC(=O)O)c(F)cc1OC)C(=O)NCc1ccccc1. The standard InChI is InChI=1S/C26H27FN2O4/c1-3-29(26(32)28-16-18-9-5-4-6-10-18)17-19-11-7-8-12-21(19)22-13-20(14-25(30)31)23(27)15-24(22)33-2/h4-13,15H,3,14,16-17H2,1-2H3,(H,28,32)(H,30,31). The molecule has 0 aliphatic carbocycles. The molecular formula is C26H27FN2O4. The van der Waals surface area contributed by atoms with Crippen LogP contribution in [0.2, 0.25) is 0 Å². The minimum Gasteiger partial charge on any atom is -0.496 e. The van der Waals surface area contributed by atoms with Gasteiger partial charge in [-0.2, -0.15) is 0 Å². The van der Waals surface area contributed by atoms with Crippen molar-refractivity contribution in [3.8, 4) is 16.9 Å². The second-order valence-electron chi connectivity index (χ2n) is 7.53. The fraction of sp³-hybridized carbons (Fsp3) is 0.231. The molecule has 172 valence electrons. The molecule has 7 heteroatoms. The average molecular weight is 451 g/mol. The van der Waals surface area contributed by atoms with Gasteiger partial charge in [-0.05, 0) is 35.2 Å². The van der Waals surface area contributed by atoms with Gasteiger partial charge < -0.3 is 20.1 Å². The summed E-state index contributed by atoms with van der Waals surface area (Å²) in [6, 6.07) is 19.6. The van der Waals surface area contributed by atoms with E-state index in [4.69, 9.17) is 9.84 Å². The Morgan fingerprint density at radius 1 is 1.00 bits per heavy atom. The Kier molecular flexibility index (Phi) is 8.02.